The Morgan fingerprint density at radius 3 is 1.75 bits per heavy atom. The van der Waals surface area contributed by atoms with E-state index in [2.05, 4.69) is 25.3 Å². The molecule has 15 heteroatoms. The first-order valence-corrected chi connectivity index (χ1v) is 18.8. The van der Waals surface area contributed by atoms with Crippen LogP contribution in [0.15, 0.2) is 87.8 Å². The minimum Gasteiger partial charge on any atom is -0.394 e. The maximum Gasteiger partial charge on any atom is 0.259 e. The molecule has 0 bridgehead atoms. The predicted molar refractivity (Wildman–Crippen MR) is 200 cm³/mol. The number of aliphatic hydroxyl groups excluding tert-OH is 1. The van der Waals surface area contributed by atoms with Gasteiger partial charge in [-0.05, 0) is 37.1 Å². The Labute approximate surface area is 303 Å². The van der Waals surface area contributed by atoms with Crippen LogP contribution in [0.25, 0.3) is 44.3 Å². The summed E-state index contributed by atoms with van der Waals surface area (Å²) in [4.78, 5) is 42.4. The Morgan fingerprint density at radius 1 is 0.765 bits per heavy atom. The molecule has 4 heterocycles. The number of nitrogens with one attached hydrogen (secondary N) is 1. The fourth-order valence-corrected chi connectivity index (χ4v) is 7.22. The minimum atomic E-state index is -3.55. The standard InChI is InChI=1S/C21H23ClN4O2.C15H12ClN3O3S/c1-26-18-14(11-16(19(26)28)15-7-3-4-8-17(15)22)12-23-20(24-18)25-21(13-27)9-5-2-6-10-21;1-19-13-9(8-17-15(18-13)23(2,21)22)7-11(14(19)20)10-5-3-4-6-12(10)16/h3-4,7-8,11-12,27H,2,5-6,9-10,13H2,1H3,(H,23,24,25);3-8H,1-2H3. The van der Waals surface area contributed by atoms with Crippen LogP contribution in [-0.2, 0) is 23.9 Å². The highest BCUT2D eigenvalue weighted by Gasteiger charge is 2.32. The maximum atomic E-state index is 12.9. The summed E-state index contributed by atoms with van der Waals surface area (Å²) < 4.78 is 26.0. The molecular formula is C36H35Cl2N7O5S. The second kappa shape index (κ2) is 14.5. The number of rotatable bonds is 6. The van der Waals surface area contributed by atoms with E-state index in [1.807, 2.05) is 18.2 Å². The summed E-state index contributed by atoms with van der Waals surface area (Å²) in [7, 11) is -0.321. The SMILES string of the molecule is Cn1c(=O)c(-c2ccccc2Cl)cc2cnc(NC3(CO)CCCCC3)nc21.Cn1c(=O)c(-c2ccccc2Cl)cc2cnc(S(C)(=O)=O)nc21. The third-order valence-corrected chi connectivity index (χ3v) is 10.5. The van der Waals surface area contributed by atoms with E-state index in [4.69, 9.17) is 23.2 Å². The lowest BCUT2D eigenvalue weighted by atomic mass is 9.82. The van der Waals surface area contributed by atoms with Crippen molar-refractivity contribution < 1.29 is 13.5 Å². The van der Waals surface area contributed by atoms with E-state index in [0.29, 0.717) is 49.3 Å². The molecule has 0 unspecified atom stereocenters. The van der Waals surface area contributed by atoms with Crippen molar-refractivity contribution in [3.8, 4) is 22.3 Å². The van der Waals surface area contributed by atoms with E-state index in [0.717, 1.165) is 37.3 Å². The minimum absolute atomic E-state index is 0.0404. The topological polar surface area (TPSA) is 162 Å². The first-order chi connectivity index (χ1) is 24.3. The highest BCUT2D eigenvalue weighted by atomic mass is 35.5. The predicted octanol–water partition coefficient (Wildman–Crippen LogP) is 5.81. The first kappa shape index (κ1) is 36.1. The van der Waals surface area contributed by atoms with Crippen LogP contribution in [0.1, 0.15) is 32.1 Å². The molecule has 1 aliphatic carbocycles. The molecule has 0 spiro atoms. The number of sulfone groups is 1. The van der Waals surface area contributed by atoms with E-state index in [-0.39, 0.29) is 34.1 Å². The molecule has 1 fully saturated rings. The molecule has 0 saturated heterocycles. The maximum absolute atomic E-state index is 12.9. The van der Waals surface area contributed by atoms with E-state index >= 15 is 0 Å². The normalized spacial score (nSPS) is 14.2. The van der Waals surface area contributed by atoms with Gasteiger partial charge in [-0.3, -0.25) is 18.7 Å². The van der Waals surface area contributed by atoms with E-state index in [1.54, 1.807) is 55.7 Å². The molecule has 264 valence electrons. The van der Waals surface area contributed by atoms with Crippen LogP contribution in [-0.4, -0.2) is 61.0 Å². The van der Waals surface area contributed by atoms with Gasteiger partial charge in [-0.2, -0.15) is 9.97 Å². The van der Waals surface area contributed by atoms with Crippen molar-refractivity contribution in [1.29, 1.82) is 0 Å². The van der Waals surface area contributed by atoms with Crippen molar-refractivity contribution in [3.05, 3.63) is 104 Å². The Kier molecular flexibility index (Phi) is 10.3. The van der Waals surface area contributed by atoms with Crippen molar-refractivity contribution >= 4 is 61.1 Å². The number of fused-ring (bicyclic) bond motifs is 2. The van der Waals surface area contributed by atoms with Gasteiger partial charge >= 0.3 is 0 Å². The number of aromatic nitrogens is 6. The molecule has 6 aromatic rings. The second-order valence-electron chi connectivity index (χ2n) is 12.6. The van der Waals surface area contributed by atoms with E-state index in [1.165, 1.54) is 28.8 Å². The van der Waals surface area contributed by atoms with Crippen LogP contribution in [0.2, 0.25) is 10.0 Å². The average molecular weight is 749 g/mol. The largest absolute Gasteiger partial charge is 0.394 e. The van der Waals surface area contributed by atoms with Crippen molar-refractivity contribution in [2.24, 2.45) is 14.1 Å². The summed E-state index contributed by atoms with van der Waals surface area (Å²) in [5.41, 5.74) is 2.14. The number of hydrogen-bond acceptors (Lipinski definition) is 10. The lowest BCUT2D eigenvalue weighted by Crippen LogP contribution is -2.44. The highest BCUT2D eigenvalue weighted by molar-refractivity contribution is 7.90. The highest BCUT2D eigenvalue weighted by Crippen LogP contribution is 2.32. The van der Waals surface area contributed by atoms with Gasteiger partial charge in [0.1, 0.15) is 11.3 Å². The number of aliphatic hydroxyl groups is 1. The zero-order chi connectivity index (χ0) is 36.5. The summed E-state index contributed by atoms with van der Waals surface area (Å²) in [5, 5.41) is 15.2. The van der Waals surface area contributed by atoms with Gasteiger partial charge in [0.2, 0.25) is 20.9 Å². The molecule has 2 aromatic carbocycles. The smallest absolute Gasteiger partial charge is 0.259 e. The number of halogens is 2. The number of hydrogen-bond donors (Lipinski definition) is 2. The molecule has 0 aliphatic heterocycles. The van der Waals surface area contributed by atoms with Gasteiger partial charge in [-0.25, -0.2) is 18.4 Å². The van der Waals surface area contributed by atoms with Crippen molar-refractivity contribution in [2.45, 2.75) is 42.8 Å². The molecule has 0 atom stereocenters. The Balaban J connectivity index is 0.000000179. The monoisotopic (exact) mass is 747 g/mol. The van der Waals surface area contributed by atoms with Crippen molar-refractivity contribution in [1.82, 2.24) is 29.1 Å². The lowest BCUT2D eigenvalue weighted by molar-refractivity contribution is 0.172. The number of aryl methyl sites for hydroxylation is 2. The fraction of sp³-hybridized carbons (Fsp3) is 0.278. The van der Waals surface area contributed by atoms with Crippen molar-refractivity contribution in [2.75, 3.05) is 18.2 Å². The Hall–Kier alpha value is -4.69. The molecule has 0 radical (unpaired) electrons. The van der Waals surface area contributed by atoms with E-state index < -0.39 is 9.84 Å². The Morgan fingerprint density at radius 2 is 1.25 bits per heavy atom. The third kappa shape index (κ3) is 7.38. The lowest BCUT2D eigenvalue weighted by Gasteiger charge is -2.36. The van der Waals surface area contributed by atoms with Gasteiger partial charge in [0.15, 0.2) is 0 Å². The van der Waals surface area contributed by atoms with Crippen LogP contribution < -0.4 is 16.4 Å². The van der Waals surface area contributed by atoms with Gasteiger partial charge in [0.25, 0.3) is 11.1 Å². The zero-order valence-electron chi connectivity index (χ0n) is 28.1. The molecule has 7 rings (SSSR count). The number of anilines is 1. The van der Waals surface area contributed by atoms with Gasteiger partial charge in [0, 0.05) is 75.8 Å². The van der Waals surface area contributed by atoms with Crippen LogP contribution in [0, 0.1) is 0 Å². The number of nitrogens with zero attached hydrogens (tertiary/aromatic N) is 6. The summed E-state index contributed by atoms with van der Waals surface area (Å²) in [6.45, 7) is 0.0404. The van der Waals surface area contributed by atoms with Gasteiger partial charge in [-0.1, -0.05) is 78.9 Å². The molecule has 51 heavy (non-hydrogen) atoms. The molecule has 12 nitrogen and oxygen atoms in total. The van der Waals surface area contributed by atoms with Gasteiger partial charge in [-0.15, -0.1) is 0 Å². The van der Waals surface area contributed by atoms with Gasteiger partial charge < -0.3 is 10.4 Å². The third-order valence-electron chi connectivity index (χ3n) is 9.02. The summed E-state index contributed by atoms with van der Waals surface area (Å²) in [5.74, 6) is 0.434. The quantitative estimate of drug-likeness (QED) is 0.199. The van der Waals surface area contributed by atoms with Crippen LogP contribution in [0.5, 0.6) is 0 Å². The van der Waals surface area contributed by atoms with Crippen molar-refractivity contribution in [3.63, 3.8) is 0 Å². The molecule has 0 amide bonds. The van der Waals surface area contributed by atoms with Crippen LogP contribution >= 0.6 is 23.2 Å². The van der Waals surface area contributed by atoms with Gasteiger partial charge in [0.05, 0.1) is 12.1 Å². The number of benzene rings is 2. The Bertz CT molecular complexity index is 2520. The average Bonchev–Trinajstić information content (AvgIpc) is 3.12. The molecule has 2 N–H and O–H groups in total. The molecule has 1 saturated carbocycles. The summed E-state index contributed by atoms with van der Waals surface area (Å²) in [6, 6.07) is 17.7. The molecular weight excluding hydrogens is 713 g/mol. The molecule has 1 aliphatic rings. The fourth-order valence-electron chi connectivity index (χ4n) is 6.25. The zero-order valence-corrected chi connectivity index (χ0v) is 30.4. The summed E-state index contributed by atoms with van der Waals surface area (Å²) in [6.07, 6.45) is 9.20. The number of pyridine rings is 2. The first-order valence-electron chi connectivity index (χ1n) is 16.1. The summed E-state index contributed by atoms with van der Waals surface area (Å²) >= 11 is 12.4. The van der Waals surface area contributed by atoms with Crippen LogP contribution in [0.3, 0.4) is 0 Å². The second-order valence-corrected chi connectivity index (χ2v) is 15.3. The molecule has 4 aromatic heterocycles. The van der Waals surface area contributed by atoms with Crippen LogP contribution in [0.4, 0.5) is 5.95 Å². The van der Waals surface area contributed by atoms with E-state index in [9.17, 15) is 23.1 Å².